The number of piperazine rings is 1. The van der Waals surface area contributed by atoms with Crippen LogP contribution in [-0.4, -0.2) is 45.4 Å². The predicted octanol–water partition coefficient (Wildman–Crippen LogP) is 3.02. The summed E-state index contributed by atoms with van der Waals surface area (Å²) in [5.41, 5.74) is 0.900. The molecule has 6 nitrogen and oxygen atoms in total. The summed E-state index contributed by atoms with van der Waals surface area (Å²) in [6, 6.07) is 10.2. The summed E-state index contributed by atoms with van der Waals surface area (Å²) in [6.07, 6.45) is 0. The van der Waals surface area contributed by atoms with E-state index < -0.39 is 20.8 Å². The molecule has 1 heterocycles. The van der Waals surface area contributed by atoms with Gasteiger partial charge in [-0.15, -0.1) is 0 Å². The van der Waals surface area contributed by atoms with E-state index in [2.05, 4.69) is 20.8 Å². The van der Waals surface area contributed by atoms with Crippen molar-refractivity contribution in [1.29, 1.82) is 0 Å². The maximum atomic E-state index is 13.8. The van der Waals surface area contributed by atoms with E-state index in [4.69, 9.17) is 4.18 Å². The van der Waals surface area contributed by atoms with Gasteiger partial charge < -0.3 is 14.0 Å². The van der Waals surface area contributed by atoms with E-state index in [1.165, 1.54) is 18.2 Å². The molecule has 0 unspecified atom stereocenters. The highest BCUT2D eigenvalue weighted by atomic mass is 79.9. The average molecular weight is 457 g/mol. The molecular weight excluding hydrogens is 439 g/mol. The Morgan fingerprint density at radius 3 is 2.30 bits per heavy atom. The second-order valence-corrected chi connectivity index (χ2v) is 8.53. The molecule has 27 heavy (non-hydrogen) atoms. The smallest absolute Gasteiger partial charge is 0.342 e. The van der Waals surface area contributed by atoms with Gasteiger partial charge >= 0.3 is 10.1 Å². The highest BCUT2D eigenvalue weighted by Crippen LogP contribution is 2.26. The fourth-order valence-electron chi connectivity index (χ4n) is 2.83. The Morgan fingerprint density at radius 1 is 1.07 bits per heavy atom. The van der Waals surface area contributed by atoms with Gasteiger partial charge in [0.25, 0.3) is 0 Å². The van der Waals surface area contributed by atoms with Crippen molar-refractivity contribution in [2.75, 3.05) is 31.1 Å². The molecule has 0 bridgehead atoms. The number of amides is 1. The molecule has 2 aromatic rings. The lowest BCUT2D eigenvalue weighted by Gasteiger charge is -2.35. The Labute approximate surface area is 165 Å². The van der Waals surface area contributed by atoms with Crippen molar-refractivity contribution >= 4 is 37.6 Å². The van der Waals surface area contributed by atoms with Crippen LogP contribution < -0.4 is 9.08 Å². The summed E-state index contributed by atoms with van der Waals surface area (Å²) in [7, 11) is -4.28. The second kappa shape index (κ2) is 7.85. The van der Waals surface area contributed by atoms with Crippen molar-refractivity contribution in [1.82, 2.24) is 4.90 Å². The Bertz CT molecular complexity index is 942. The van der Waals surface area contributed by atoms with Crippen LogP contribution >= 0.6 is 15.9 Å². The number of anilines is 1. The summed E-state index contributed by atoms with van der Waals surface area (Å²) < 4.78 is 44.0. The highest BCUT2D eigenvalue weighted by molar-refractivity contribution is 9.10. The van der Waals surface area contributed by atoms with Crippen molar-refractivity contribution in [2.45, 2.75) is 11.8 Å². The third kappa shape index (κ3) is 4.59. The molecule has 0 saturated carbocycles. The lowest BCUT2D eigenvalue weighted by molar-refractivity contribution is -0.129. The lowest BCUT2D eigenvalue weighted by atomic mass is 10.2. The number of rotatable bonds is 4. The zero-order chi connectivity index (χ0) is 19.6. The van der Waals surface area contributed by atoms with Gasteiger partial charge in [0.1, 0.15) is 16.5 Å². The Kier molecular flexibility index (Phi) is 5.71. The second-order valence-electron chi connectivity index (χ2n) is 6.10. The monoisotopic (exact) mass is 456 g/mol. The first-order valence-corrected chi connectivity index (χ1v) is 10.5. The number of benzene rings is 2. The van der Waals surface area contributed by atoms with Crippen LogP contribution in [0.15, 0.2) is 51.8 Å². The number of nitrogens with zero attached hydrogens (tertiary/aromatic N) is 2. The quantitative estimate of drug-likeness (QED) is 0.661. The van der Waals surface area contributed by atoms with Crippen molar-refractivity contribution in [3.63, 3.8) is 0 Å². The molecule has 0 spiro atoms. The summed E-state index contributed by atoms with van der Waals surface area (Å²) in [6.45, 7) is 4.23. The first-order chi connectivity index (χ1) is 12.8. The first kappa shape index (κ1) is 19.6. The largest absolute Gasteiger partial charge is 0.379 e. The molecule has 0 radical (unpaired) electrons. The molecule has 144 valence electrons. The summed E-state index contributed by atoms with van der Waals surface area (Å²) in [5.74, 6) is -0.720. The van der Waals surface area contributed by atoms with Crippen molar-refractivity contribution < 1.29 is 21.8 Å². The average Bonchev–Trinajstić information content (AvgIpc) is 2.64. The van der Waals surface area contributed by atoms with Crippen LogP contribution in [0.3, 0.4) is 0 Å². The van der Waals surface area contributed by atoms with Crippen LogP contribution in [-0.2, 0) is 14.9 Å². The van der Waals surface area contributed by atoms with Gasteiger partial charge in [0, 0.05) is 43.3 Å². The fourth-order valence-corrected chi connectivity index (χ4v) is 4.38. The van der Waals surface area contributed by atoms with Crippen LogP contribution in [0.2, 0.25) is 0 Å². The molecular formula is C18H18BrFN2O4S. The van der Waals surface area contributed by atoms with Gasteiger partial charge in [-0.3, -0.25) is 4.79 Å². The number of hydrogen-bond donors (Lipinski definition) is 0. The molecule has 0 atom stereocenters. The molecule has 3 rings (SSSR count). The van der Waals surface area contributed by atoms with Gasteiger partial charge in [-0.1, -0.05) is 15.9 Å². The van der Waals surface area contributed by atoms with Crippen LogP contribution in [0.1, 0.15) is 6.92 Å². The summed E-state index contributed by atoms with van der Waals surface area (Å²) in [5, 5.41) is 0. The van der Waals surface area contributed by atoms with Crippen molar-refractivity contribution in [2.24, 2.45) is 0 Å². The van der Waals surface area contributed by atoms with Gasteiger partial charge in [-0.25, -0.2) is 4.39 Å². The van der Waals surface area contributed by atoms with Crippen LogP contribution in [0, 0.1) is 5.82 Å². The topological polar surface area (TPSA) is 66.9 Å². The summed E-state index contributed by atoms with van der Waals surface area (Å²) >= 11 is 3.12. The highest BCUT2D eigenvalue weighted by Gasteiger charge is 2.23. The minimum absolute atomic E-state index is 0.0587. The molecule has 1 saturated heterocycles. The Morgan fingerprint density at radius 2 is 1.70 bits per heavy atom. The lowest BCUT2D eigenvalue weighted by Crippen LogP contribution is -2.48. The number of hydrogen-bond acceptors (Lipinski definition) is 5. The van der Waals surface area contributed by atoms with Crippen molar-refractivity contribution in [3.8, 4) is 5.75 Å². The molecule has 1 fully saturated rings. The van der Waals surface area contributed by atoms with E-state index in [1.807, 2.05) is 0 Å². The Hall–Kier alpha value is -2.13. The van der Waals surface area contributed by atoms with Crippen LogP contribution in [0.4, 0.5) is 10.1 Å². The number of carbonyl (C=O) groups excluding carboxylic acids is 1. The molecule has 0 N–H and O–H groups in total. The molecule has 0 aromatic heterocycles. The first-order valence-electron chi connectivity index (χ1n) is 8.26. The molecule has 2 aromatic carbocycles. The van der Waals surface area contributed by atoms with Gasteiger partial charge in [0.05, 0.1) is 0 Å². The van der Waals surface area contributed by atoms with Gasteiger partial charge in [-0.2, -0.15) is 8.42 Å². The van der Waals surface area contributed by atoms with E-state index in [0.29, 0.717) is 30.7 Å². The maximum absolute atomic E-state index is 13.8. The fraction of sp³-hybridized carbons (Fsp3) is 0.278. The maximum Gasteiger partial charge on any atom is 0.342 e. The molecule has 1 amide bonds. The van der Waals surface area contributed by atoms with E-state index in [9.17, 15) is 17.6 Å². The number of halogens is 2. The van der Waals surface area contributed by atoms with E-state index in [-0.39, 0.29) is 11.7 Å². The minimum Gasteiger partial charge on any atom is -0.379 e. The molecule has 0 aliphatic carbocycles. The van der Waals surface area contributed by atoms with E-state index in [0.717, 1.165) is 17.8 Å². The zero-order valence-electron chi connectivity index (χ0n) is 14.6. The Balaban J connectivity index is 1.71. The van der Waals surface area contributed by atoms with Gasteiger partial charge in [-0.05, 0) is 42.5 Å². The molecule has 1 aliphatic rings. The third-order valence-electron chi connectivity index (χ3n) is 4.30. The van der Waals surface area contributed by atoms with E-state index in [1.54, 1.807) is 24.0 Å². The van der Waals surface area contributed by atoms with Crippen LogP contribution in [0.5, 0.6) is 5.75 Å². The zero-order valence-corrected chi connectivity index (χ0v) is 17.0. The summed E-state index contributed by atoms with van der Waals surface area (Å²) in [4.78, 5) is 14.7. The van der Waals surface area contributed by atoms with Crippen LogP contribution in [0.25, 0.3) is 0 Å². The standard InChI is InChI=1S/C18H18BrFN2O4S/c1-13(23)21-8-10-22(11-9-21)15-3-5-16(6-4-15)26-27(24,25)18-12-14(19)2-7-17(18)20/h2-7,12H,8-11H2,1H3. The number of carbonyl (C=O) groups is 1. The van der Waals surface area contributed by atoms with Gasteiger partial charge in [0.2, 0.25) is 5.91 Å². The molecule has 1 aliphatic heterocycles. The van der Waals surface area contributed by atoms with Gasteiger partial charge in [0.15, 0.2) is 0 Å². The molecule has 9 heteroatoms. The van der Waals surface area contributed by atoms with Crippen molar-refractivity contribution in [3.05, 3.63) is 52.8 Å². The minimum atomic E-state index is -4.28. The SMILES string of the molecule is CC(=O)N1CCN(c2ccc(OS(=O)(=O)c3cc(Br)ccc3F)cc2)CC1. The third-order valence-corrected chi connectivity index (χ3v) is 6.05. The normalized spacial score (nSPS) is 14.9. The predicted molar refractivity (Wildman–Crippen MR) is 103 cm³/mol. The van der Waals surface area contributed by atoms with E-state index >= 15 is 0 Å².